The molecule has 1 heterocycles. The lowest BCUT2D eigenvalue weighted by atomic mass is 10.0. The Hall–Kier alpha value is -0.850. The van der Waals surface area contributed by atoms with Gasteiger partial charge in [0.05, 0.1) is 0 Å². The van der Waals surface area contributed by atoms with Crippen LogP contribution in [0, 0.1) is 0 Å². The second-order valence-electron chi connectivity index (χ2n) is 5.22. The average Bonchev–Trinajstić information content (AvgIpc) is 2.41. The predicted molar refractivity (Wildman–Crippen MR) is 80.1 cm³/mol. The lowest BCUT2D eigenvalue weighted by Gasteiger charge is -2.10. The van der Waals surface area contributed by atoms with Gasteiger partial charge in [0.25, 0.3) is 0 Å². The highest BCUT2D eigenvalue weighted by Crippen LogP contribution is 2.15. The number of aryl methyl sites for hydroxylation is 3. The number of pyridine rings is 1. The van der Waals surface area contributed by atoms with Gasteiger partial charge in [-0.05, 0) is 50.2 Å². The fourth-order valence-corrected chi connectivity index (χ4v) is 2.23. The third-order valence-corrected chi connectivity index (χ3v) is 3.48. The molecule has 0 aliphatic rings. The zero-order valence-corrected chi connectivity index (χ0v) is 12.5. The zero-order chi connectivity index (χ0) is 13.2. The molecule has 0 saturated heterocycles. The summed E-state index contributed by atoms with van der Waals surface area (Å²) in [5, 5.41) is 0. The molecule has 0 bridgehead atoms. The molecule has 0 radical (unpaired) electrons. The van der Waals surface area contributed by atoms with Crippen LogP contribution in [0.4, 0.5) is 0 Å². The fourth-order valence-electron chi connectivity index (χ4n) is 2.23. The standard InChI is InChI=1S/C17H29N/c1-4-7-10-15-13-14-16(11-8-5-2)18-17(15)12-9-6-3/h13-14H,4-12H2,1-3H3. The van der Waals surface area contributed by atoms with Crippen molar-refractivity contribution < 1.29 is 0 Å². The number of rotatable bonds is 9. The molecule has 0 N–H and O–H groups in total. The summed E-state index contributed by atoms with van der Waals surface area (Å²) in [6, 6.07) is 4.58. The Morgan fingerprint density at radius 2 is 1.39 bits per heavy atom. The lowest BCUT2D eigenvalue weighted by molar-refractivity contribution is 0.721. The van der Waals surface area contributed by atoms with Gasteiger partial charge in [-0.2, -0.15) is 0 Å². The number of aromatic nitrogens is 1. The molecule has 0 aliphatic heterocycles. The average molecular weight is 247 g/mol. The highest BCUT2D eigenvalue weighted by molar-refractivity contribution is 5.23. The molecule has 1 aromatic heterocycles. The van der Waals surface area contributed by atoms with E-state index in [-0.39, 0.29) is 0 Å². The van der Waals surface area contributed by atoms with Crippen molar-refractivity contribution in [2.45, 2.75) is 78.6 Å². The lowest BCUT2D eigenvalue weighted by Crippen LogP contribution is -2.02. The monoisotopic (exact) mass is 247 g/mol. The minimum Gasteiger partial charge on any atom is -0.258 e. The summed E-state index contributed by atoms with van der Waals surface area (Å²) < 4.78 is 0. The van der Waals surface area contributed by atoms with Crippen LogP contribution < -0.4 is 0 Å². The van der Waals surface area contributed by atoms with Gasteiger partial charge in [-0.25, -0.2) is 0 Å². The van der Waals surface area contributed by atoms with E-state index in [0.29, 0.717) is 0 Å². The van der Waals surface area contributed by atoms with Crippen LogP contribution >= 0.6 is 0 Å². The van der Waals surface area contributed by atoms with Crippen molar-refractivity contribution in [3.63, 3.8) is 0 Å². The SMILES string of the molecule is CCCCc1ccc(CCCC)c(CCCC)n1. The van der Waals surface area contributed by atoms with Crippen LogP contribution in [0.3, 0.4) is 0 Å². The summed E-state index contributed by atoms with van der Waals surface area (Å²) in [4.78, 5) is 4.90. The van der Waals surface area contributed by atoms with Crippen LogP contribution in [0.5, 0.6) is 0 Å². The Bertz CT molecular complexity index is 330. The van der Waals surface area contributed by atoms with E-state index in [1.54, 1.807) is 0 Å². The molecule has 1 rings (SSSR count). The van der Waals surface area contributed by atoms with Crippen molar-refractivity contribution in [2.75, 3.05) is 0 Å². The van der Waals surface area contributed by atoms with Crippen molar-refractivity contribution in [1.29, 1.82) is 0 Å². The van der Waals surface area contributed by atoms with Crippen molar-refractivity contribution in [3.05, 3.63) is 29.1 Å². The van der Waals surface area contributed by atoms with Crippen LogP contribution in [0.1, 0.15) is 76.2 Å². The second kappa shape index (κ2) is 9.13. The normalized spacial score (nSPS) is 10.8. The van der Waals surface area contributed by atoms with Gasteiger partial charge in [0.15, 0.2) is 0 Å². The molecule has 1 heteroatoms. The Labute approximate surface area is 113 Å². The number of nitrogens with zero attached hydrogens (tertiary/aromatic N) is 1. The molecule has 0 fully saturated rings. The minimum absolute atomic E-state index is 1.14. The highest BCUT2D eigenvalue weighted by atomic mass is 14.7. The Morgan fingerprint density at radius 3 is 2.06 bits per heavy atom. The first-order valence-corrected chi connectivity index (χ1v) is 7.79. The molecular formula is C17H29N. The van der Waals surface area contributed by atoms with Gasteiger partial charge >= 0.3 is 0 Å². The van der Waals surface area contributed by atoms with E-state index in [2.05, 4.69) is 32.9 Å². The summed E-state index contributed by atoms with van der Waals surface area (Å²) in [5.74, 6) is 0. The fraction of sp³-hybridized carbons (Fsp3) is 0.706. The molecule has 0 amide bonds. The first kappa shape index (κ1) is 15.2. The minimum atomic E-state index is 1.14. The van der Waals surface area contributed by atoms with Crippen molar-refractivity contribution in [1.82, 2.24) is 4.98 Å². The number of hydrogen-bond acceptors (Lipinski definition) is 1. The summed E-state index contributed by atoms with van der Waals surface area (Å²) in [5.41, 5.74) is 4.16. The van der Waals surface area contributed by atoms with Crippen LogP contribution in [0.25, 0.3) is 0 Å². The van der Waals surface area contributed by atoms with Crippen LogP contribution in [0.2, 0.25) is 0 Å². The highest BCUT2D eigenvalue weighted by Gasteiger charge is 2.05. The van der Waals surface area contributed by atoms with E-state index in [1.165, 1.54) is 61.9 Å². The van der Waals surface area contributed by atoms with Crippen molar-refractivity contribution >= 4 is 0 Å². The molecule has 102 valence electrons. The molecule has 1 nitrogen and oxygen atoms in total. The first-order valence-electron chi connectivity index (χ1n) is 7.79. The van der Waals surface area contributed by atoms with Crippen molar-refractivity contribution in [2.24, 2.45) is 0 Å². The molecule has 0 saturated carbocycles. The summed E-state index contributed by atoms with van der Waals surface area (Å²) >= 11 is 0. The quantitative estimate of drug-likeness (QED) is 0.591. The topological polar surface area (TPSA) is 12.9 Å². The molecule has 0 unspecified atom stereocenters. The summed E-state index contributed by atoms with van der Waals surface area (Å²) in [6.45, 7) is 6.76. The van der Waals surface area contributed by atoms with E-state index in [0.717, 1.165) is 12.8 Å². The maximum absolute atomic E-state index is 4.90. The molecule has 0 aliphatic carbocycles. The predicted octanol–water partition coefficient (Wildman–Crippen LogP) is 5.11. The van der Waals surface area contributed by atoms with Gasteiger partial charge in [0.1, 0.15) is 0 Å². The maximum Gasteiger partial charge on any atom is 0.0438 e. The Kier molecular flexibility index (Phi) is 7.71. The molecule has 18 heavy (non-hydrogen) atoms. The molecule has 1 aromatic rings. The van der Waals surface area contributed by atoms with Crippen LogP contribution in [-0.4, -0.2) is 4.98 Å². The van der Waals surface area contributed by atoms with E-state index >= 15 is 0 Å². The van der Waals surface area contributed by atoms with E-state index in [9.17, 15) is 0 Å². The Morgan fingerprint density at radius 1 is 0.778 bits per heavy atom. The largest absolute Gasteiger partial charge is 0.258 e. The van der Waals surface area contributed by atoms with Gasteiger partial charge < -0.3 is 0 Å². The zero-order valence-electron chi connectivity index (χ0n) is 12.5. The molecule has 0 spiro atoms. The van der Waals surface area contributed by atoms with E-state index in [4.69, 9.17) is 4.98 Å². The van der Waals surface area contributed by atoms with Gasteiger partial charge in [-0.1, -0.05) is 46.1 Å². The third kappa shape index (κ3) is 5.20. The third-order valence-electron chi connectivity index (χ3n) is 3.48. The van der Waals surface area contributed by atoms with Gasteiger partial charge in [-0.15, -0.1) is 0 Å². The Balaban J connectivity index is 2.74. The van der Waals surface area contributed by atoms with E-state index in [1.807, 2.05) is 0 Å². The van der Waals surface area contributed by atoms with Crippen LogP contribution in [-0.2, 0) is 19.3 Å². The summed E-state index contributed by atoms with van der Waals surface area (Å²) in [6.07, 6.45) is 11.1. The van der Waals surface area contributed by atoms with E-state index < -0.39 is 0 Å². The van der Waals surface area contributed by atoms with Crippen LogP contribution in [0.15, 0.2) is 12.1 Å². The smallest absolute Gasteiger partial charge is 0.0438 e. The number of hydrogen-bond donors (Lipinski definition) is 0. The van der Waals surface area contributed by atoms with Gasteiger partial charge in [0, 0.05) is 11.4 Å². The summed E-state index contributed by atoms with van der Waals surface area (Å²) in [7, 11) is 0. The molecular weight excluding hydrogens is 218 g/mol. The maximum atomic E-state index is 4.90. The second-order valence-corrected chi connectivity index (χ2v) is 5.22. The van der Waals surface area contributed by atoms with Crippen molar-refractivity contribution in [3.8, 4) is 0 Å². The van der Waals surface area contributed by atoms with Gasteiger partial charge in [-0.3, -0.25) is 4.98 Å². The number of unbranched alkanes of at least 4 members (excludes halogenated alkanes) is 3. The molecule has 0 atom stereocenters. The first-order chi connectivity index (χ1) is 8.81. The molecule has 0 aromatic carbocycles. The van der Waals surface area contributed by atoms with Gasteiger partial charge in [0.2, 0.25) is 0 Å².